The number of amides is 1. The maximum atomic E-state index is 11.8. The van der Waals surface area contributed by atoms with E-state index in [-0.39, 0.29) is 12.5 Å². The van der Waals surface area contributed by atoms with Crippen LogP contribution in [-0.2, 0) is 22.7 Å². The molecule has 1 aliphatic rings. The van der Waals surface area contributed by atoms with Crippen LogP contribution in [0.15, 0.2) is 42.6 Å². The van der Waals surface area contributed by atoms with Crippen molar-refractivity contribution in [2.75, 3.05) is 24.6 Å². The number of hydrogen-bond donors (Lipinski definition) is 1. The largest absolute Gasteiger partial charge is 0.367 e. The van der Waals surface area contributed by atoms with Crippen LogP contribution in [0.3, 0.4) is 0 Å². The molecule has 6 heteroatoms. The zero-order valence-corrected chi connectivity index (χ0v) is 13.6. The summed E-state index contributed by atoms with van der Waals surface area (Å²) in [5.41, 5.74) is 1.05. The highest BCUT2D eigenvalue weighted by Gasteiger charge is 2.14. The highest BCUT2D eigenvalue weighted by Crippen LogP contribution is 2.16. The minimum absolute atomic E-state index is 0.0285. The van der Waals surface area contributed by atoms with Crippen molar-refractivity contribution >= 4 is 11.7 Å². The molecule has 0 aliphatic carbocycles. The van der Waals surface area contributed by atoms with Gasteiger partial charge in [-0.05, 0) is 24.5 Å². The average molecular weight is 326 g/mol. The molecule has 1 saturated heterocycles. The third-order valence-electron chi connectivity index (χ3n) is 3.91. The number of nitrogens with zero attached hydrogens (tertiary/aromatic N) is 3. The molecule has 1 fully saturated rings. The first-order valence-electron chi connectivity index (χ1n) is 8.26. The molecule has 0 radical (unpaired) electrons. The van der Waals surface area contributed by atoms with Crippen molar-refractivity contribution in [1.82, 2.24) is 15.3 Å². The Morgan fingerprint density at radius 1 is 1.17 bits per heavy atom. The summed E-state index contributed by atoms with van der Waals surface area (Å²) in [5, 5.41) is 2.80. The number of carbonyl (C=O) groups is 1. The molecule has 1 aliphatic heterocycles. The molecule has 1 aromatic carbocycles. The normalized spacial score (nSPS) is 13.9. The zero-order valence-electron chi connectivity index (χ0n) is 13.6. The van der Waals surface area contributed by atoms with Crippen molar-refractivity contribution in [3.8, 4) is 0 Å². The first-order valence-corrected chi connectivity index (χ1v) is 8.26. The summed E-state index contributed by atoms with van der Waals surface area (Å²) in [6.07, 6.45) is 4.15. The lowest BCUT2D eigenvalue weighted by molar-refractivity contribution is -0.126. The van der Waals surface area contributed by atoms with Crippen LogP contribution in [-0.4, -0.2) is 35.6 Å². The SMILES string of the molecule is O=C(COCc1ccccc1)NCc1nccc(N2CCCC2)n1. The van der Waals surface area contributed by atoms with Gasteiger partial charge in [-0.1, -0.05) is 30.3 Å². The molecule has 6 nitrogen and oxygen atoms in total. The van der Waals surface area contributed by atoms with Gasteiger partial charge >= 0.3 is 0 Å². The number of carbonyl (C=O) groups excluding carboxylic acids is 1. The number of nitrogens with one attached hydrogen (secondary N) is 1. The van der Waals surface area contributed by atoms with Crippen LogP contribution < -0.4 is 10.2 Å². The van der Waals surface area contributed by atoms with Gasteiger partial charge in [0.1, 0.15) is 18.2 Å². The van der Waals surface area contributed by atoms with Crippen molar-refractivity contribution in [2.45, 2.75) is 26.0 Å². The molecule has 0 spiro atoms. The van der Waals surface area contributed by atoms with Gasteiger partial charge in [0.15, 0.2) is 0 Å². The summed E-state index contributed by atoms with van der Waals surface area (Å²) >= 11 is 0. The van der Waals surface area contributed by atoms with Crippen LogP contribution in [0, 0.1) is 0 Å². The van der Waals surface area contributed by atoms with Crippen LogP contribution >= 0.6 is 0 Å². The van der Waals surface area contributed by atoms with Crippen molar-refractivity contribution in [3.63, 3.8) is 0 Å². The van der Waals surface area contributed by atoms with Crippen molar-refractivity contribution < 1.29 is 9.53 Å². The maximum absolute atomic E-state index is 11.8. The molecular formula is C18H22N4O2. The lowest BCUT2D eigenvalue weighted by atomic mass is 10.2. The molecule has 0 saturated carbocycles. The van der Waals surface area contributed by atoms with Gasteiger partial charge in [0, 0.05) is 19.3 Å². The van der Waals surface area contributed by atoms with Crippen LogP contribution in [0.4, 0.5) is 5.82 Å². The first kappa shape index (κ1) is 16.4. The number of anilines is 1. The number of ether oxygens (including phenoxy) is 1. The van der Waals surface area contributed by atoms with Gasteiger partial charge in [-0.3, -0.25) is 4.79 Å². The van der Waals surface area contributed by atoms with E-state index in [1.807, 2.05) is 36.4 Å². The number of rotatable bonds is 7. The maximum Gasteiger partial charge on any atom is 0.246 e. The number of aromatic nitrogens is 2. The van der Waals surface area contributed by atoms with E-state index in [4.69, 9.17) is 4.74 Å². The molecule has 0 bridgehead atoms. The van der Waals surface area contributed by atoms with E-state index in [1.54, 1.807) is 6.20 Å². The topological polar surface area (TPSA) is 67.3 Å². The molecule has 1 amide bonds. The second-order valence-electron chi connectivity index (χ2n) is 5.78. The molecule has 1 N–H and O–H groups in total. The van der Waals surface area contributed by atoms with Crippen molar-refractivity contribution in [2.24, 2.45) is 0 Å². The molecule has 3 rings (SSSR count). The predicted molar refractivity (Wildman–Crippen MR) is 91.4 cm³/mol. The van der Waals surface area contributed by atoms with Gasteiger partial charge in [-0.15, -0.1) is 0 Å². The quantitative estimate of drug-likeness (QED) is 0.842. The predicted octanol–water partition coefficient (Wildman–Crippen LogP) is 1.91. The van der Waals surface area contributed by atoms with Gasteiger partial charge in [-0.25, -0.2) is 9.97 Å². The summed E-state index contributed by atoms with van der Waals surface area (Å²) in [5.74, 6) is 1.39. The molecular weight excluding hydrogens is 304 g/mol. The Kier molecular flexibility index (Phi) is 5.74. The van der Waals surface area contributed by atoms with Crippen LogP contribution in [0.2, 0.25) is 0 Å². The zero-order chi connectivity index (χ0) is 16.6. The Morgan fingerprint density at radius 2 is 1.96 bits per heavy atom. The minimum Gasteiger partial charge on any atom is -0.367 e. The van der Waals surface area contributed by atoms with E-state index in [9.17, 15) is 4.79 Å². The van der Waals surface area contributed by atoms with Crippen molar-refractivity contribution in [3.05, 3.63) is 54.0 Å². The van der Waals surface area contributed by atoms with E-state index < -0.39 is 0 Å². The third-order valence-corrected chi connectivity index (χ3v) is 3.91. The third kappa shape index (κ3) is 4.76. The standard InChI is InChI=1S/C18H22N4O2/c23-18(14-24-13-15-6-2-1-3-7-15)20-12-16-19-9-8-17(21-16)22-10-4-5-11-22/h1-3,6-9H,4-5,10-14H2,(H,20,23). The van der Waals surface area contributed by atoms with Crippen LogP contribution in [0.1, 0.15) is 24.2 Å². The Hall–Kier alpha value is -2.47. The summed E-state index contributed by atoms with van der Waals surface area (Å²) in [6.45, 7) is 2.84. The summed E-state index contributed by atoms with van der Waals surface area (Å²) in [6, 6.07) is 11.7. The van der Waals surface area contributed by atoms with E-state index in [2.05, 4.69) is 20.2 Å². The van der Waals surface area contributed by atoms with Crippen LogP contribution in [0.5, 0.6) is 0 Å². The Bertz CT molecular complexity index is 657. The number of benzene rings is 1. The minimum atomic E-state index is -0.166. The summed E-state index contributed by atoms with van der Waals surface area (Å²) < 4.78 is 5.41. The molecule has 126 valence electrons. The van der Waals surface area contributed by atoms with E-state index in [0.717, 1.165) is 24.5 Å². The second kappa shape index (κ2) is 8.40. The first-order chi connectivity index (χ1) is 11.8. The molecule has 2 heterocycles. The fourth-order valence-corrected chi connectivity index (χ4v) is 2.66. The number of hydrogen-bond acceptors (Lipinski definition) is 5. The Morgan fingerprint density at radius 3 is 2.75 bits per heavy atom. The van der Waals surface area contributed by atoms with Gasteiger partial charge in [0.25, 0.3) is 0 Å². The fourth-order valence-electron chi connectivity index (χ4n) is 2.66. The smallest absolute Gasteiger partial charge is 0.246 e. The average Bonchev–Trinajstić information content (AvgIpc) is 3.16. The van der Waals surface area contributed by atoms with E-state index in [1.165, 1.54) is 12.8 Å². The van der Waals surface area contributed by atoms with Gasteiger partial charge in [-0.2, -0.15) is 0 Å². The van der Waals surface area contributed by atoms with Crippen molar-refractivity contribution in [1.29, 1.82) is 0 Å². The lowest BCUT2D eigenvalue weighted by Gasteiger charge is -2.16. The van der Waals surface area contributed by atoms with Crippen LogP contribution in [0.25, 0.3) is 0 Å². The molecule has 24 heavy (non-hydrogen) atoms. The van der Waals surface area contributed by atoms with Gasteiger partial charge in [0.2, 0.25) is 5.91 Å². The highest BCUT2D eigenvalue weighted by atomic mass is 16.5. The van der Waals surface area contributed by atoms with E-state index in [0.29, 0.717) is 19.0 Å². The molecule has 1 aromatic heterocycles. The van der Waals surface area contributed by atoms with Gasteiger partial charge < -0.3 is 15.0 Å². The second-order valence-corrected chi connectivity index (χ2v) is 5.78. The Labute approximate surface area is 141 Å². The fraction of sp³-hybridized carbons (Fsp3) is 0.389. The molecule has 2 aromatic rings. The molecule has 0 atom stereocenters. The Balaban J connectivity index is 1.42. The lowest BCUT2D eigenvalue weighted by Crippen LogP contribution is -2.28. The summed E-state index contributed by atoms with van der Waals surface area (Å²) in [7, 11) is 0. The van der Waals surface area contributed by atoms with Gasteiger partial charge in [0.05, 0.1) is 13.2 Å². The van der Waals surface area contributed by atoms with E-state index >= 15 is 0 Å². The highest BCUT2D eigenvalue weighted by molar-refractivity contribution is 5.77. The summed E-state index contributed by atoms with van der Waals surface area (Å²) in [4.78, 5) is 22.8. The monoisotopic (exact) mass is 326 g/mol. The molecule has 0 unspecified atom stereocenters.